The predicted molar refractivity (Wildman–Crippen MR) is 155 cm³/mol. The number of rotatable bonds is 15. The van der Waals surface area contributed by atoms with Crippen LogP contribution in [0.2, 0.25) is 0 Å². The molecule has 1 unspecified atom stereocenters. The first kappa shape index (κ1) is 29.6. The van der Waals surface area contributed by atoms with Gasteiger partial charge in [-0.1, -0.05) is 13.3 Å². The van der Waals surface area contributed by atoms with Gasteiger partial charge in [0, 0.05) is 24.4 Å². The number of ether oxygens (including phenoxy) is 4. The van der Waals surface area contributed by atoms with Crippen molar-refractivity contribution in [3.8, 4) is 11.5 Å². The topological polar surface area (TPSA) is 73.4 Å². The number of aldehydes is 1. The second-order valence-corrected chi connectivity index (χ2v) is 11.0. The van der Waals surface area contributed by atoms with Crippen molar-refractivity contribution in [3.63, 3.8) is 0 Å². The summed E-state index contributed by atoms with van der Waals surface area (Å²) in [6.45, 7) is 13.2. The highest BCUT2D eigenvalue weighted by Crippen LogP contribution is 2.38. The Labute approximate surface area is 233 Å². The maximum absolute atomic E-state index is 11.1. The molecule has 8 nitrogen and oxygen atoms in total. The molecule has 216 valence electrons. The van der Waals surface area contributed by atoms with Gasteiger partial charge in [-0.05, 0) is 89.7 Å². The second-order valence-electron chi connectivity index (χ2n) is 11.0. The minimum absolute atomic E-state index is 0.0106. The quantitative estimate of drug-likeness (QED) is 0.281. The van der Waals surface area contributed by atoms with Crippen LogP contribution in [-0.2, 0) is 14.3 Å². The van der Waals surface area contributed by atoms with E-state index in [-0.39, 0.29) is 6.61 Å². The van der Waals surface area contributed by atoms with Gasteiger partial charge in [-0.2, -0.15) is 0 Å². The zero-order chi connectivity index (χ0) is 27.7. The van der Waals surface area contributed by atoms with Crippen LogP contribution >= 0.6 is 0 Å². The Balaban J connectivity index is 1.35. The van der Waals surface area contributed by atoms with E-state index in [1.54, 1.807) is 13.3 Å². The van der Waals surface area contributed by atoms with Crippen LogP contribution in [0.3, 0.4) is 0 Å². The first-order chi connectivity index (χ1) is 19.0. The van der Waals surface area contributed by atoms with Gasteiger partial charge in [0.1, 0.15) is 12.4 Å². The fourth-order valence-electron chi connectivity index (χ4n) is 6.21. The average Bonchev–Trinajstić information content (AvgIpc) is 3.42. The van der Waals surface area contributed by atoms with Crippen molar-refractivity contribution in [2.75, 3.05) is 64.6 Å². The highest BCUT2D eigenvalue weighted by atomic mass is 16.7. The molecule has 1 aromatic heterocycles. The molecule has 0 spiro atoms. The van der Waals surface area contributed by atoms with E-state index in [0.717, 1.165) is 87.0 Å². The van der Waals surface area contributed by atoms with Crippen LogP contribution < -0.4 is 14.4 Å². The number of carbonyl (C=O) groups excluding carboxylic acids is 1. The van der Waals surface area contributed by atoms with E-state index in [1.807, 2.05) is 18.2 Å². The van der Waals surface area contributed by atoms with Crippen molar-refractivity contribution in [2.24, 2.45) is 11.8 Å². The Hall–Kier alpha value is -2.42. The molecule has 0 N–H and O–H groups in total. The zero-order valence-corrected chi connectivity index (χ0v) is 24.3. The molecule has 39 heavy (non-hydrogen) atoms. The summed E-state index contributed by atoms with van der Waals surface area (Å²) in [6, 6.07) is 5.91. The Kier molecular flexibility index (Phi) is 10.8. The first-order valence-electron chi connectivity index (χ1n) is 14.8. The van der Waals surface area contributed by atoms with E-state index >= 15 is 0 Å². The molecule has 0 amide bonds. The lowest BCUT2D eigenvalue weighted by atomic mass is 9.89. The van der Waals surface area contributed by atoms with Crippen LogP contribution in [0.1, 0.15) is 59.3 Å². The lowest BCUT2D eigenvalue weighted by molar-refractivity contribution is -0.185. The zero-order valence-electron chi connectivity index (χ0n) is 24.3. The molecule has 2 fully saturated rings. The minimum Gasteiger partial charge on any atom is -0.497 e. The monoisotopic (exact) mass is 541 g/mol. The van der Waals surface area contributed by atoms with E-state index in [4.69, 9.17) is 18.9 Å². The number of hydrogen-bond donors (Lipinski definition) is 0. The molecule has 4 rings (SSSR count). The molecule has 0 aliphatic carbocycles. The van der Waals surface area contributed by atoms with Gasteiger partial charge in [-0.25, -0.2) is 0 Å². The number of likely N-dealkylation sites (tertiary alicyclic amines) is 1. The molecule has 1 atom stereocenters. The number of benzene rings is 1. The molecule has 2 aromatic rings. The summed E-state index contributed by atoms with van der Waals surface area (Å²) in [4.78, 5) is 20.6. The van der Waals surface area contributed by atoms with Gasteiger partial charge in [0.05, 0.1) is 37.7 Å². The number of nitrogens with zero attached hydrogens (tertiary/aromatic N) is 3. The largest absolute Gasteiger partial charge is 0.497 e. The van der Waals surface area contributed by atoms with E-state index in [2.05, 4.69) is 35.6 Å². The molecular formula is C31H47N3O5. The van der Waals surface area contributed by atoms with Crippen LogP contribution in [0, 0.1) is 11.8 Å². The molecule has 0 saturated carbocycles. The average molecular weight is 542 g/mol. The number of pyridine rings is 1. The van der Waals surface area contributed by atoms with Gasteiger partial charge in [0.25, 0.3) is 0 Å². The maximum atomic E-state index is 11.1. The van der Waals surface area contributed by atoms with Crippen LogP contribution in [0.15, 0.2) is 24.4 Å². The van der Waals surface area contributed by atoms with Crippen molar-refractivity contribution in [2.45, 2.75) is 65.1 Å². The Morgan fingerprint density at radius 2 is 1.97 bits per heavy atom. The molecule has 3 heterocycles. The summed E-state index contributed by atoms with van der Waals surface area (Å²) in [5.74, 6) is 2.16. The Bertz CT molecular complexity index is 1050. The number of methoxy groups -OCH3 is 1. The van der Waals surface area contributed by atoms with E-state index < -0.39 is 5.79 Å². The number of piperidine rings is 1. The first-order valence-corrected chi connectivity index (χ1v) is 14.8. The normalized spacial score (nSPS) is 18.8. The van der Waals surface area contributed by atoms with Crippen LogP contribution in [0.25, 0.3) is 10.9 Å². The predicted octanol–water partition coefficient (Wildman–Crippen LogP) is 5.32. The number of hydrogen-bond acceptors (Lipinski definition) is 8. The number of aromatic nitrogens is 1. The van der Waals surface area contributed by atoms with Gasteiger partial charge in [-0.15, -0.1) is 0 Å². The molecule has 2 saturated heterocycles. The standard InChI is InChI=1S/C31H47N3O5/c1-5-7-25(31(3)38-20-21-39-31)13-16-33-14-10-24(11-15-33)12-17-34(6-2)30-27-22-26(36-4)8-9-28(27)32-23-29(30)37-19-18-35/h8-9,18,22-25H,5-7,10-17,19-21H2,1-4H3. The minimum atomic E-state index is -0.409. The summed E-state index contributed by atoms with van der Waals surface area (Å²) < 4.78 is 23.3. The van der Waals surface area contributed by atoms with Gasteiger partial charge in [0.2, 0.25) is 0 Å². The van der Waals surface area contributed by atoms with Gasteiger partial charge in [0.15, 0.2) is 17.8 Å². The number of fused-ring (bicyclic) bond motifs is 1. The summed E-state index contributed by atoms with van der Waals surface area (Å²) in [5, 5.41) is 0.986. The van der Waals surface area contributed by atoms with Crippen LogP contribution in [-0.4, -0.2) is 81.6 Å². The van der Waals surface area contributed by atoms with E-state index in [0.29, 0.717) is 30.8 Å². The summed E-state index contributed by atoms with van der Waals surface area (Å²) in [5.41, 5.74) is 1.88. The number of anilines is 1. The third-order valence-electron chi connectivity index (χ3n) is 8.57. The lowest BCUT2D eigenvalue weighted by Gasteiger charge is -2.37. The van der Waals surface area contributed by atoms with Crippen molar-refractivity contribution in [1.29, 1.82) is 0 Å². The second kappa shape index (κ2) is 14.3. The van der Waals surface area contributed by atoms with Crippen LogP contribution in [0.5, 0.6) is 11.5 Å². The summed E-state index contributed by atoms with van der Waals surface area (Å²) >= 11 is 0. The molecular weight excluding hydrogens is 494 g/mol. The van der Waals surface area contributed by atoms with Crippen molar-refractivity contribution in [3.05, 3.63) is 24.4 Å². The molecule has 8 heteroatoms. The molecule has 1 aromatic carbocycles. The molecule has 2 aliphatic heterocycles. The Morgan fingerprint density at radius 1 is 1.21 bits per heavy atom. The van der Waals surface area contributed by atoms with Crippen molar-refractivity contribution < 1.29 is 23.7 Å². The van der Waals surface area contributed by atoms with Crippen molar-refractivity contribution in [1.82, 2.24) is 9.88 Å². The molecule has 0 radical (unpaired) electrons. The van der Waals surface area contributed by atoms with Crippen LogP contribution in [0.4, 0.5) is 5.69 Å². The van der Waals surface area contributed by atoms with Gasteiger partial charge < -0.3 is 28.7 Å². The smallest absolute Gasteiger partial charge is 0.168 e. The van der Waals surface area contributed by atoms with E-state index in [9.17, 15) is 4.79 Å². The lowest BCUT2D eigenvalue weighted by Crippen LogP contribution is -2.40. The van der Waals surface area contributed by atoms with Gasteiger partial charge >= 0.3 is 0 Å². The number of carbonyl (C=O) groups is 1. The summed E-state index contributed by atoms with van der Waals surface area (Å²) in [7, 11) is 1.67. The fraction of sp³-hybridized carbons (Fsp3) is 0.677. The highest BCUT2D eigenvalue weighted by Gasteiger charge is 2.39. The van der Waals surface area contributed by atoms with Gasteiger partial charge in [-0.3, -0.25) is 9.78 Å². The summed E-state index contributed by atoms with van der Waals surface area (Å²) in [6.07, 6.45) is 9.52. The third-order valence-corrected chi connectivity index (χ3v) is 8.57. The molecule has 0 bridgehead atoms. The highest BCUT2D eigenvalue weighted by molar-refractivity contribution is 5.95. The third kappa shape index (κ3) is 7.41. The fourth-order valence-corrected chi connectivity index (χ4v) is 6.21. The molecule has 2 aliphatic rings. The van der Waals surface area contributed by atoms with E-state index in [1.165, 1.54) is 12.8 Å². The Morgan fingerprint density at radius 3 is 2.64 bits per heavy atom. The van der Waals surface area contributed by atoms with Crippen molar-refractivity contribution >= 4 is 22.9 Å². The maximum Gasteiger partial charge on any atom is 0.168 e. The SMILES string of the molecule is CCCC(CCN1CCC(CCN(CC)c2c(OCC=O)cnc3ccc(OC)cc23)CC1)C1(C)OCCO1.